The van der Waals surface area contributed by atoms with Crippen molar-refractivity contribution >= 4 is 0 Å². The maximum absolute atomic E-state index is 8.73. The van der Waals surface area contributed by atoms with Crippen molar-refractivity contribution < 1.29 is 9.84 Å². The molecule has 100 valence electrons. The third-order valence-electron chi connectivity index (χ3n) is 3.47. The zero-order chi connectivity index (χ0) is 12.8. The summed E-state index contributed by atoms with van der Waals surface area (Å²) >= 11 is 0. The first kappa shape index (κ1) is 13.5. The topological polar surface area (TPSA) is 32.7 Å². The average Bonchev–Trinajstić information content (AvgIpc) is 2.38. The van der Waals surface area contributed by atoms with Crippen LogP contribution in [0.1, 0.15) is 24.0 Å². The lowest BCUT2D eigenvalue weighted by atomic mass is 10.1. The number of hydrogen-bond acceptors (Lipinski definition) is 3. The molecule has 3 nitrogen and oxygen atoms in total. The van der Waals surface area contributed by atoms with Gasteiger partial charge in [0.15, 0.2) is 0 Å². The van der Waals surface area contributed by atoms with E-state index in [9.17, 15) is 0 Å². The van der Waals surface area contributed by atoms with E-state index in [4.69, 9.17) is 9.84 Å². The molecule has 0 aliphatic carbocycles. The minimum absolute atomic E-state index is 0.128. The van der Waals surface area contributed by atoms with Crippen LogP contribution >= 0.6 is 0 Å². The van der Waals surface area contributed by atoms with Crippen LogP contribution in [0.5, 0.6) is 0 Å². The quantitative estimate of drug-likeness (QED) is 0.866. The molecule has 2 rings (SSSR count). The van der Waals surface area contributed by atoms with E-state index in [2.05, 4.69) is 36.1 Å². The summed E-state index contributed by atoms with van der Waals surface area (Å²) < 4.78 is 5.57. The molecule has 0 unspecified atom stereocenters. The molecular formula is C15H23NO2. The van der Waals surface area contributed by atoms with Gasteiger partial charge in [-0.25, -0.2) is 0 Å². The molecule has 1 N–H and O–H groups in total. The van der Waals surface area contributed by atoms with Crippen molar-refractivity contribution in [1.29, 1.82) is 0 Å². The number of likely N-dealkylation sites (tertiary alicyclic amines) is 1. The van der Waals surface area contributed by atoms with Crippen molar-refractivity contribution in [1.82, 2.24) is 4.90 Å². The highest BCUT2D eigenvalue weighted by Crippen LogP contribution is 2.16. The molecule has 0 aromatic heterocycles. The van der Waals surface area contributed by atoms with Gasteiger partial charge < -0.3 is 9.84 Å². The van der Waals surface area contributed by atoms with Crippen LogP contribution < -0.4 is 0 Å². The second-order valence-electron chi connectivity index (χ2n) is 5.06. The second-order valence-corrected chi connectivity index (χ2v) is 5.06. The SMILES string of the molecule is Cc1cccc(CN2CCC(OCCO)CC2)c1. The smallest absolute Gasteiger partial charge is 0.0701 e. The summed E-state index contributed by atoms with van der Waals surface area (Å²) in [7, 11) is 0. The molecule has 1 aromatic carbocycles. The molecule has 0 bridgehead atoms. The number of aliphatic hydroxyl groups is 1. The number of ether oxygens (including phenoxy) is 1. The Morgan fingerprint density at radius 1 is 1.33 bits per heavy atom. The van der Waals surface area contributed by atoms with Gasteiger partial charge >= 0.3 is 0 Å². The van der Waals surface area contributed by atoms with E-state index in [1.54, 1.807) is 0 Å². The van der Waals surface area contributed by atoms with Gasteiger partial charge in [-0.1, -0.05) is 29.8 Å². The highest BCUT2D eigenvalue weighted by Gasteiger charge is 2.19. The second kappa shape index (κ2) is 6.88. The van der Waals surface area contributed by atoms with Crippen LogP contribution in [-0.2, 0) is 11.3 Å². The Hall–Kier alpha value is -0.900. The Balaban J connectivity index is 1.76. The van der Waals surface area contributed by atoms with E-state index in [1.807, 2.05) is 0 Å². The normalized spacial score (nSPS) is 18.1. The fraction of sp³-hybridized carbons (Fsp3) is 0.600. The lowest BCUT2D eigenvalue weighted by Gasteiger charge is -2.31. The number of piperidine rings is 1. The predicted octanol–water partition coefficient (Wildman–Crippen LogP) is 1.97. The molecule has 1 heterocycles. The van der Waals surface area contributed by atoms with Crippen molar-refractivity contribution in [3.8, 4) is 0 Å². The van der Waals surface area contributed by atoms with E-state index < -0.39 is 0 Å². The molecule has 1 aromatic rings. The Morgan fingerprint density at radius 3 is 2.78 bits per heavy atom. The summed E-state index contributed by atoms with van der Waals surface area (Å²) in [6, 6.07) is 8.72. The fourth-order valence-corrected chi connectivity index (χ4v) is 2.52. The van der Waals surface area contributed by atoms with Crippen LogP contribution in [0.2, 0.25) is 0 Å². The first-order valence-electron chi connectivity index (χ1n) is 6.78. The molecule has 1 aliphatic rings. The maximum atomic E-state index is 8.73. The lowest BCUT2D eigenvalue weighted by molar-refractivity contribution is -0.00901. The van der Waals surface area contributed by atoms with Crippen LogP contribution in [-0.4, -0.2) is 42.4 Å². The number of aliphatic hydroxyl groups excluding tert-OH is 1. The van der Waals surface area contributed by atoms with E-state index >= 15 is 0 Å². The number of nitrogens with zero attached hydrogens (tertiary/aromatic N) is 1. The van der Waals surface area contributed by atoms with Gasteiger partial charge in [-0.05, 0) is 25.3 Å². The summed E-state index contributed by atoms with van der Waals surface area (Å²) in [6.07, 6.45) is 2.49. The van der Waals surface area contributed by atoms with Crippen molar-refractivity contribution in [3.63, 3.8) is 0 Å². The lowest BCUT2D eigenvalue weighted by Crippen LogP contribution is -2.36. The Bertz CT molecular complexity index is 359. The maximum Gasteiger partial charge on any atom is 0.0701 e. The van der Waals surface area contributed by atoms with Crippen molar-refractivity contribution in [2.45, 2.75) is 32.4 Å². The van der Waals surface area contributed by atoms with Gasteiger partial charge in [-0.15, -0.1) is 0 Å². The monoisotopic (exact) mass is 249 g/mol. The summed E-state index contributed by atoms with van der Waals surface area (Å²) in [5.74, 6) is 0. The molecular weight excluding hydrogens is 226 g/mol. The molecule has 0 spiro atoms. The van der Waals surface area contributed by atoms with Gasteiger partial charge in [0.25, 0.3) is 0 Å². The van der Waals surface area contributed by atoms with E-state index in [-0.39, 0.29) is 6.61 Å². The fourth-order valence-electron chi connectivity index (χ4n) is 2.52. The third kappa shape index (κ3) is 4.09. The summed E-state index contributed by atoms with van der Waals surface area (Å²) in [6.45, 7) is 5.95. The Kier molecular flexibility index (Phi) is 5.17. The molecule has 1 saturated heterocycles. The van der Waals surface area contributed by atoms with Gasteiger partial charge in [-0.3, -0.25) is 4.90 Å². The van der Waals surface area contributed by atoms with E-state index in [0.717, 1.165) is 32.5 Å². The first-order valence-corrected chi connectivity index (χ1v) is 6.78. The van der Waals surface area contributed by atoms with Crippen LogP contribution in [0.4, 0.5) is 0 Å². The Labute approximate surface area is 109 Å². The molecule has 1 fully saturated rings. The average molecular weight is 249 g/mol. The highest BCUT2D eigenvalue weighted by atomic mass is 16.5. The van der Waals surface area contributed by atoms with Gasteiger partial charge in [0, 0.05) is 19.6 Å². The van der Waals surface area contributed by atoms with Crippen LogP contribution in [0.25, 0.3) is 0 Å². The standard InChI is InChI=1S/C15H23NO2/c1-13-3-2-4-14(11-13)12-16-7-5-15(6-8-16)18-10-9-17/h2-4,11,15,17H,5-10,12H2,1H3. The minimum Gasteiger partial charge on any atom is -0.394 e. The number of rotatable bonds is 5. The summed E-state index contributed by atoms with van der Waals surface area (Å²) in [5.41, 5.74) is 2.72. The van der Waals surface area contributed by atoms with Gasteiger partial charge in [0.05, 0.1) is 19.3 Å². The van der Waals surface area contributed by atoms with Crippen LogP contribution in [0, 0.1) is 6.92 Å². The molecule has 18 heavy (non-hydrogen) atoms. The number of benzene rings is 1. The Morgan fingerprint density at radius 2 is 2.11 bits per heavy atom. The molecule has 0 saturated carbocycles. The predicted molar refractivity (Wildman–Crippen MR) is 72.5 cm³/mol. The van der Waals surface area contributed by atoms with Gasteiger partial charge in [-0.2, -0.15) is 0 Å². The molecule has 1 aliphatic heterocycles. The zero-order valence-electron chi connectivity index (χ0n) is 11.1. The van der Waals surface area contributed by atoms with Crippen LogP contribution in [0.15, 0.2) is 24.3 Å². The summed E-state index contributed by atoms with van der Waals surface area (Å²) in [5, 5.41) is 8.73. The molecule has 0 radical (unpaired) electrons. The van der Waals surface area contributed by atoms with Crippen molar-refractivity contribution in [2.24, 2.45) is 0 Å². The van der Waals surface area contributed by atoms with Gasteiger partial charge in [0.1, 0.15) is 0 Å². The first-order chi connectivity index (χ1) is 8.78. The molecule has 3 heteroatoms. The number of hydrogen-bond donors (Lipinski definition) is 1. The van der Waals surface area contributed by atoms with Crippen molar-refractivity contribution in [2.75, 3.05) is 26.3 Å². The third-order valence-corrected chi connectivity index (χ3v) is 3.47. The minimum atomic E-state index is 0.128. The van der Waals surface area contributed by atoms with Crippen molar-refractivity contribution in [3.05, 3.63) is 35.4 Å². The largest absolute Gasteiger partial charge is 0.394 e. The van der Waals surface area contributed by atoms with Crippen LogP contribution in [0.3, 0.4) is 0 Å². The zero-order valence-corrected chi connectivity index (χ0v) is 11.1. The highest BCUT2D eigenvalue weighted by molar-refractivity contribution is 5.22. The summed E-state index contributed by atoms with van der Waals surface area (Å²) in [4.78, 5) is 2.48. The number of aryl methyl sites for hydroxylation is 1. The van der Waals surface area contributed by atoms with E-state index in [0.29, 0.717) is 12.7 Å². The van der Waals surface area contributed by atoms with E-state index in [1.165, 1.54) is 11.1 Å². The molecule has 0 atom stereocenters. The molecule has 0 amide bonds. The van der Waals surface area contributed by atoms with Gasteiger partial charge in [0.2, 0.25) is 0 Å².